The van der Waals surface area contributed by atoms with Crippen LogP contribution < -0.4 is 0 Å². The molecule has 0 aliphatic carbocycles. The Morgan fingerprint density at radius 3 is 2.15 bits per heavy atom. The van der Waals surface area contributed by atoms with Crippen LogP contribution in [0.25, 0.3) is 0 Å². The highest BCUT2D eigenvalue weighted by Crippen LogP contribution is 2.48. The molecule has 0 aromatic heterocycles. The Labute approximate surface area is 77.3 Å². The van der Waals surface area contributed by atoms with Crippen LogP contribution in [0.1, 0.15) is 13.3 Å². The zero-order valence-corrected chi connectivity index (χ0v) is 8.80. The Balaban J connectivity index is 4.35. The first-order chi connectivity index (χ1) is 5.99. The second-order valence-corrected chi connectivity index (χ2v) is 3.96. The Morgan fingerprint density at radius 1 is 1.38 bits per heavy atom. The van der Waals surface area contributed by atoms with Gasteiger partial charge in [-0.25, -0.2) is 9.36 Å². The first-order valence-electron chi connectivity index (χ1n) is 3.62. The van der Waals surface area contributed by atoms with Crippen LogP contribution in [-0.4, -0.2) is 20.2 Å². The summed E-state index contributed by atoms with van der Waals surface area (Å²) in [6.45, 7) is 5.15. The largest absolute Gasteiger partial charge is 0.531 e. The molecule has 0 aliphatic heterocycles. The number of phosphoric acid groups is 1. The van der Waals surface area contributed by atoms with Gasteiger partial charge in [0.05, 0.1) is 0 Å². The highest BCUT2D eigenvalue weighted by Gasteiger charge is 2.28. The monoisotopic (exact) mass is 208 g/mol. The molecule has 0 saturated carbocycles. The van der Waals surface area contributed by atoms with E-state index in [-0.39, 0.29) is 5.57 Å². The van der Waals surface area contributed by atoms with E-state index < -0.39 is 13.8 Å². The molecule has 0 rings (SSSR count). The van der Waals surface area contributed by atoms with E-state index in [9.17, 15) is 9.36 Å². The van der Waals surface area contributed by atoms with E-state index in [4.69, 9.17) is 0 Å². The summed E-state index contributed by atoms with van der Waals surface area (Å²) in [5, 5.41) is 0. The molecule has 76 valence electrons. The maximum Gasteiger partial charge on any atom is 0.531 e. The molecule has 0 aromatic carbocycles. The number of phosphoric ester groups is 1. The van der Waals surface area contributed by atoms with E-state index in [1.54, 1.807) is 6.92 Å². The zero-order chi connectivity index (χ0) is 10.5. The number of hydrogen-bond acceptors (Lipinski definition) is 5. The van der Waals surface area contributed by atoms with Crippen LogP contribution in [0.2, 0.25) is 0 Å². The first-order valence-corrected chi connectivity index (χ1v) is 5.08. The molecule has 13 heavy (non-hydrogen) atoms. The predicted octanol–water partition coefficient (Wildman–Crippen LogP) is 1.90. The molecular formula is C7H13O5P. The fourth-order valence-corrected chi connectivity index (χ4v) is 1.09. The molecular weight excluding hydrogens is 195 g/mol. The summed E-state index contributed by atoms with van der Waals surface area (Å²) < 4.78 is 24.5. The fraction of sp³-hybridized carbons (Fsp3) is 0.571. The average Bonchev–Trinajstić information content (AvgIpc) is 2.16. The van der Waals surface area contributed by atoms with Gasteiger partial charge in [-0.3, -0.25) is 9.05 Å². The van der Waals surface area contributed by atoms with Crippen molar-refractivity contribution in [3.8, 4) is 0 Å². The van der Waals surface area contributed by atoms with Crippen molar-refractivity contribution in [1.29, 1.82) is 0 Å². The number of carbonyl (C=O) groups is 1. The van der Waals surface area contributed by atoms with Crippen LogP contribution in [0, 0.1) is 0 Å². The summed E-state index contributed by atoms with van der Waals surface area (Å²) in [6, 6.07) is 0. The lowest BCUT2D eigenvalue weighted by Gasteiger charge is -2.12. The lowest BCUT2D eigenvalue weighted by atomic mass is 10.2. The van der Waals surface area contributed by atoms with Gasteiger partial charge in [0.25, 0.3) is 0 Å². The van der Waals surface area contributed by atoms with Crippen molar-refractivity contribution in [2.24, 2.45) is 0 Å². The van der Waals surface area contributed by atoms with E-state index in [0.29, 0.717) is 6.42 Å². The quantitative estimate of drug-likeness (QED) is 0.510. The Hall–Kier alpha value is -0.640. The van der Waals surface area contributed by atoms with E-state index in [2.05, 4.69) is 20.2 Å². The third-order valence-corrected chi connectivity index (χ3v) is 2.64. The van der Waals surface area contributed by atoms with Crippen LogP contribution in [0.4, 0.5) is 0 Å². The van der Waals surface area contributed by atoms with Crippen molar-refractivity contribution in [1.82, 2.24) is 0 Å². The summed E-state index contributed by atoms with van der Waals surface area (Å²) in [4.78, 5) is 11.1. The zero-order valence-electron chi connectivity index (χ0n) is 7.90. The van der Waals surface area contributed by atoms with Crippen molar-refractivity contribution in [3.05, 3.63) is 12.2 Å². The standard InChI is InChI=1S/C7H13O5P/c1-5-6(2)7(8)12-13(9,10-3)11-4/h2,5H2,1,3-4H3. The molecule has 6 heteroatoms. The van der Waals surface area contributed by atoms with Crippen LogP contribution in [0.3, 0.4) is 0 Å². The van der Waals surface area contributed by atoms with Crippen molar-refractivity contribution in [3.63, 3.8) is 0 Å². The second kappa shape index (κ2) is 5.17. The summed E-state index contributed by atoms with van der Waals surface area (Å²) in [5.74, 6) is -0.769. The molecule has 0 saturated heterocycles. The minimum atomic E-state index is -3.71. The fourth-order valence-electron chi connectivity index (χ4n) is 0.460. The maximum absolute atomic E-state index is 11.3. The van der Waals surface area contributed by atoms with Crippen LogP contribution in [0.5, 0.6) is 0 Å². The molecule has 0 fully saturated rings. The summed E-state index contributed by atoms with van der Waals surface area (Å²) in [5.41, 5.74) is 0.217. The van der Waals surface area contributed by atoms with Gasteiger partial charge < -0.3 is 4.52 Å². The highest BCUT2D eigenvalue weighted by atomic mass is 31.2. The minimum absolute atomic E-state index is 0.217. The summed E-state index contributed by atoms with van der Waals surface area (Å²) >= 11 is 0. The van der Waals surface area contributed by atoms with Crippen LogP contribution in [0.15, 0.2) is 12.2 Å². The lowest BCUT2D eigenvalue weighted by Crippen LogP contribution is -2.06. The third-order valence-electron chi connectivity index (χ3n) is 1.36. The van der Waals surface area contributed by atoms with Gasteiger partial charge in [0.2, 0.25) is 0 Å². The maximum atomic E-state index is 11.3. The highest BCUT2D eigenvalue weighted by molar-refractivity contribution is 7.49. The predicted molar refractivity (Wildman–Crippen MR) is 47.1 cm³/mol. The molecule has 0 bridgehead atoms. The topological polar surface area (TPSA) is 61.8 Å². The van der Waals surface area contributed by atoms with Gasteiger partial charge in [0, 0.05) is 19.8 Å². The Morgan fingerprint density at radius 2 is 1.85 bits per heavy atom. The third kappa shape index (κ3) is 3.72. The molecule has 0 atom stereocenters. The average molecular weight is 208 g/mol. The number of carbonyl (C=O) groups excluding carboxylic acids is 1. The van der Waals surface area contributed by atoms with Gasteiger partial charge in [-0.2, -0.15) is 0 Å². The van der Waals surface area contributed by atoms with Gasteiger partial charge in [0.1, 0.15) is 0 Å². The molecule has 0 aliphatic rings. The van der Waals surface area contributed by atoms with Gasteiger partial charge in [0.15, 0.2) is 0 Å². The van der Waals surface area contributed by atoms with E-state index in [1.165, 1.54) is 0 Å². The van der Waals surface area contributed by atoms with Gasteiger partial charge in [-0.15, -0.1) is 0 Å². The molecule has 5 nitrogen and oxygen atoms in total. The van der Waals surface area contributed by atoms with E-state index >= 15 is 0 Å². The van der Waals surface area contributed by atoms with E-state index in [0.717, 1.165) is 14.2 Å². The molecule has 0 amide bonds. The van der Waals surface area contributed by atoms with Crippen LogP contribution in [-0.2, 0) is 22.9 Å². The van der Waals surface area contributed by atoms with Gasteiger partial charge in [-0.1, -0.05) is 13.5 Å². The lowest BCUT2D eigenvalue weighted by molar-refractivity contribution is -0.131. The second-order valence-electron chi connectivity index (χ2n) is 2.15. The molecule has 0 spiro atoms. The Bertz CT molecular complexity index is 239. The van der Waals surface area contributed by atoms with Crippen molar-refractivity contribution in [2.45, 2.75) is 13.3 Å². The minimum Gasteiger partial charge on any atom is -0.367 e. The molecule has 0 N–H and O–H groups in total. The molecule has 0 radical (unpaired) electrons. The normalized spacial score (nSPS) is 11.0. The molecule has 0 aromatic rings. The van der Waals surface area contributed by atoms with Crippen molar-refractivity contribution in [2.75, 3.05) is 14.2 Å². The summed E-state index contributed by atoms with van der Waals surface area (Å²) in [7, 11) is -1.45. The van der Waals surface area contributed by atoms with Gasteiger partial charge >= 0.3 is 13.8 Å². The molecule has 0 heterocycles. The van der Waals surface area contributed by atoms with Gasteiger partial charge in [-0.05, 0) is 6.42 Å². The Kier molecular flexibility index (Phi) is 4.91. The first kappa shape index (κ1) is 12.4. The van der Waals surface area contributed by atoms with Crippen molar-refractivity contribution < 1.29 is 22.9 Å². The smallest absolute Gasteiger partial charge is 0.367 e. The van der Waals surface area contributed by atoms with Crippen molar-refractivity contribution >= 4 is 13.8 Å². The number of rotatable bonds is 5. The summed E-state index contributed by atoms with van der Waals surface area (Å²) in [6.07, 6.45) is 0.423. The number of hydrogen-bond donors (Lipinski definition) is 0. The SMILES string of the molecule is C=C(CC)C(=O)OP(=O)(OC)OC. The van der Waals surface area contributed by atoms with Crippen LogP contribution >= 0.6 is 7.82 Å². The molecule has 0 unspecified atom stereocenters. The van der Waals surface area contributed by atoms with E-state index in [1.807, 2.05) is 0 Å².